The molecule has 2 N–H and O–H groups in total. The van der Waals surface area contributed by atoms with Gasteiger partial charge in [-0.2, -0.15) is 5.10 Å². The lowest BCUT2D eigenvalue weighted by molar-refractivity contribution is -0.116. The maximum atomic E-state index is 12.3. The summed E-state index contributed by atoms with van der Waals surface area (Å²) in [5.41, 5.74) is 2.38. The molecule has 0 aliphatic rings. The molecule has 144 valence electrons. The van der Waals surface area contributed by atoms with Gasteiger partial charge in [-0.15, -0.1) is 0 Å². The molecule has 0 aliphatic carbocycles. The molecule has 2 aromatic heterocycles. The molecule has 0 saturated heterocycles. The van der Waals surface area contributed by atoms with Crippen LogP contribution in [0.5, 0.6) is 0 Å². The summed E-state index contributed by atoms with van der Waals surface area (Å²) in [6, 6.07) is 14.5. The van der Waals surface area contributed by atoms with E-state index in [1.807, 2.05) is 36.4 Å². The highest BCUT2D eigenvalue weighted by atomic mass is 16.2. The van der Waals surface area contributed by atoms with E-state index in [1.54, 1.807) is 47.4 Å². The van der Waals surface area contributed by atoms with Gasteiger partial charge in [-0.1, -0.05) is 18.2 Å². The Morgan fingerprint density at radius 1 is 1.11 bits per heavy atom. The molecule has 0 radical (unpaired) electrons. The van der Waals surface area contributed by atoms with Crippen molar-refractivity contribution >= 4 is 17.6 Å². The van der Waals surface area contributed by atoms with Crippen molar-refractivity contribution in [2.24, 2.45) is 0 Å². The number of aromatic nitrogens is 3. The standard InChI is InChI=1S/C20H22N6O2/c1-25(14-18-7-2-3-9-21-18)20(28)22-13-16-6-4-8-17(12-16)24-19(27)15-26-11-5-10-23-26/h2-12H,13-15H2,1H3,(H,22,28)(H,24,27). The average molecular weight is 378 g/mol. The van der Waals surface area contributed by atoms with Gasteiger partial charge in [-0.3, -0.25) is 14.5 Å². The van der Waals surface area contributed by atoms with Crippen molar-refractivity contribution < 1.29 is 9.59 Å². The summed E-state index contributed by atoms with van der Waals surface area (Å²) >= 11 is 0. The predicted octanol–water partition coefficient (Wildman–Crippen LogP) is 2.26. The van der Waals surface area contributed by atoms with Crippen molar-refractivity contribution in [3.05, 3.63) is 78.4 Å². The van der Waals surface area contributed by atoms with Crippen molar-refractivity contribution in [1.82, 2.24) is 25.0 Å². The van der Waals surface area contributed by atoms with E-state index < -0.39 is 0 Å². The highest BCUT2D eigenvalue weighted by Gasteiger charge is 2.10. The molecule has 3 amide bonds. The van der Waals surface area contributed by atoms with Crippen molar-refractivity contribution in [2.75, 3.05) is 12.4 Å². The molecule has 0 aliphatic heterocycles. The van der Waals surface area contributed by atoms with Crippen LogP contribution in [0.3, 0.4) is 0 Å². The zero-order valence-electron chi connectivity index (χ0n) is 15.6. The summed E-state index contributed by atoms with van der Waals surface area (Å²) in [5.74, 6) is -0.167. The fourth-order valence-electron chi connectivity index (χ4n) is 2.62. The molecule has 8 nitrogen and oxygen atoms in total. The molecule has 3 aromatic rings. The lowest BCUT2D eigenvalue weighted by Crippen LogP contribution is -2.36. The van der Waals surface area contributed by atoms with Crippen molar-refractivity contribution in [3.63, 3.8) is 0 Å². The van der Waals surface area contributed by atoms with Gasteiger partial charge in [0.25, 0.3) is 0 Å². The molecular weight excluding hydrogens is 356 g/mol. The number of hydrogen-bond donors (Lipinski definition) is 2. The van der Waals surface area contributed by atoms with Crippen molar-refractivity contribution in [1.29, 1.82) is 0 Å². The molecule has 0 saturated carbocycles. The van der Waals surface area contributed by atoms with Crippen LogP contribution >= 0.6 is 0 Å². The Hall–Kier alpha value is -3.68. The molecule has 0 bridgehead atoms. The highest BCUT2D eigenvalue weighted by molar-refractivity contribution is 5.90. The second-order valence-corrected chi connectivity index (χ2v) is 6.29. The van der Waals surface area contributed by atoms with E-state index in [9.17, 15) is 9.59 Å². The molecule has 8 heteroatoms. The lowest BCUT2D eigenvalue weighted by atomic mass is 10.2. The molecule has 0 fully saturated rings. The largest absolute Gasteiger partial charge is 0.334 e. The number of rotatable bonds is 7. The van der Waals surface area contributed by atoms with Gasteiger partial charge < -0.3 is 15.5 Å². The van der Waals surface area contributed by atoms with Crippen LogP contribution in [0, 0.1) is 0 Å². The number of carbonyl (C=O) groups is 2. The maximum Gasteiger partial charge on any atom is 0.317 e. The number of nitrogens with zero attached hydrogens (tertiary/aromatic N) is 4. The van der Waals surface area contributed by atoms with Gasteiger partial charge in [0.1, 0.15) is 6.54 Å². The number of nitrogens with one attached hydrogen (secondary N) is 2. The van der Waals surface area contributed by atoms with E-state index in [-0.39, 0.29) is 18.5 Å². The molecule has 28 heavy (non-hydrogen) atoms. The minimum absolute atomic E-state index is 0.145. The van der Waals surface area contributed by atoms with E-state index >= 15 is 0 Å². The van der Waals surface area contributed by atoms with Crippen LogP contribution in [0.1, 0.15) is 11.3 Å². The number of benzene rings is 1. The van der Waals surface area contributed by atoms with Gasteiger partial charge in [0.15, 0.2) is 0 Å². The monoisotopic (exact) mass is 378 g/mol. The van der Waals surface area contributed by atoms with Crippen molar-refractivity contribution in [3.8, 4) is 0 Å². The normalized spacial score (nSPS) is 10.3. The Kier molecular flexibility index (Phi) is 6.35. The van der Waals surface area contributed by atoms with Crippen LogP contribution < -0.4 is 10.6 Å². The predicted molar refractivity (Wildman–Crippen MR) is 105 cm³/mol. The Morgan fingerprint density at radius 3 is 2.75 bits per heavy atom. The zero-order valence-corrected chi connectivity index (χ0v) is 15.6. The first-order valence-corrected chi connectivity index (χ1v) is 8.85. The molecule has 0 spiro atoms. The number of hydrogen-bond acceptors (Lipinski definition) is 4. The fraction of sp³-hybridized carbons (Fsp3) is 0.200. The molecule has 0 atom stereocenters. The SMILES string of the molecule is CN(Cc1ccccn1)C(=O)NCc1cccc(NC(=O)Cn2cccn2)c1. The van der Waals surface area contributed by atoms with E-state index in [0.29, 0.717) is 18.8 Å². The molecule has 1 aromatic carbocycles. The quantitative estimate of drug-likeness (QED) is 0.660. The van der Waals surface area contributed by atoms with Gasteiger partial charge in [-0.25, -0.2) is 4.79 Å². The summed E-state index contributed by atoms with van der Waals surface area (Å²) in [7, 11) is 1.72. The third-order valence-corrected chi connectivity index (χ3v) is 3.99. The lowest BCUT2D eigenvalue weighted by Gasteiger charge is -2.17. The Bertz CT molecular complexity index is 911. The number of pyridine rings is 1. The van der Waals surface area contributed by atoms with Crippen LogP contribution in [0.2, 0.25) is 0 Å². The van der Waals surface area contributed by atoms with E-state index in [2.05, 4.69) is 20.7 Å². The molecule has 3 rings (SSSR count). The Balaban J connectivity index is 1.49. The molecule has 2 heterocycles. The van der Waals surface area contributed by atoms with Gasteiger partial charge in [0.05, 0.1) is 12.2 Å². The number of amides is 3. The van der Waals surface area contributed by atoms with Crippen LogP contribution in [0.4, 0.5) is 10.5 Å². The topological polar surface area (TPSA) is 92.2 Å². The van der Waals surface area contributed by atoms with Gasteiger partial charge >= 0.3 is 6.03 Å². The average Bonchev–Trinajstić information content (AvgIpc) is 3.20. The summed E-state index contributed by atoms with van der Waals surface area (Å²) in [6.07, 6.45) is 5.06. The number of anilines is 1. The summed E-state index contributed by atoms with van der Waals surface area (Å²) < 4.78 is 1.55. The van der Waals surface area contributed by atoms with E-state index in [1.165, 1.54) is 0 Å². The first kappa shape index (κ1) is 19.1. The maximum absolute atomic E-state index is 12.3. The minimum Gasteiger partial charge on any atom is -0.334 e. The Morgan fingerprint density at radius 2 is 2.00 bits per heavy atom. The van der Waals surface area contributed by atoms with E-state index in [4.69, 9.17) is 0 Å². The number of urea groups is 1. The summed E-state index contributed by atoms with van der Waals surface area (Å²) in [6.45, 7) is 0.927. The Labute approximate surface area is 163 Å². The number of carbonyl (C=O) groups excluding carboxylic acids is 2. The van der Waals surface area contributed by atoms with Crippen LogP contribution in [-0.4, -0.2) is 38.7 Å². The second-order valence-electron chi connectivity index (χ2n) is 6.29. The second kappa shape index (κ2) is 9.31. The minimum atomic E-state index is -0.196. The zero-order chi connectivity index (χ0) is 19.8. The molecule has 0 unspecified atom stereocenters. The van der Waals surface area contributed by atoms with Gasteiger partial charge in [0, 0.05) is 37.9 Å². The fourth-order valence-corrected chi connectivity index (χ4v) is 2.62. The van der Waals surface area contributed by atoms with Crippen molar-refractivity contribution in [2.45, 2.75) is 19.6 Å². The smallest absolute Gasteiger partial charge is 0.317 e. The van der Waals surface area contributed by atoms with Crippen LogP contribution in [0.15, 0.2) is 67.1 Å². The highest BCUT2D eigenvalue weighted by Crippen LogP contribution is 2.11. The van der Waals surface area contributed by atoms with Crippen LogP contribution in [-0.2, 0) is 24.4 Å². The summed E-state index contributed by atoms with van der Waals surface area (Å²) in [5, 5.41) is 9.71. The third kappa shape index (κ3) is 5.66. The molecular formula is C20H22N6O2. The van der Waals surface area contributed by atoms with Crippen LogP contribution in [0.25, 0.3) is 0 Å². The van der Waals surface area contributed by atoms with E-state index in [0.717, 1.165) is 11.3 Å². The first-order valence-electron chi connectivity index (χ1n) is 8.85. The van der Waals surface area contributed by atoms with Gasteiger partial charge in [-0.05, 0) is 35.9 Å². The third-order valence-electron chi connectivity index (χ3n) is 3.99. The summed E-state index contributed by atoms with van der Waals surface area (Å²) in [4.78, 5) is 30.1. The van der Waals surface area contributed by atoms with Gasteiger partial charge in [0.2, 0.25) is 5.91 Å². The first-order chi connectivity index (χ1) is 13.6.